The predicted molar refractivity (Wildman–Crippen MR) is 86.3 cm³/mol. The second-order valence-electron chi connectivity index (χ2n) is 4.94. The fourth-order valence-corrected chi connectivity index (χ4v) is 2.76. The SMILES string of the molecule is CCc1ccc(CC(NN)c2ccc(Br)cc2C)nc1. The summed E-state index contributed by atoms with van der Waals surface area (Å²) >= 11 is 3.49. The van der Waals surface area contributed by atoms with E-state index < -0.39 is 0 Å². The number of nitrogens with zero attached hydrogens (tertiary/aromatic N) is 1. The van der Waals surface area contributed by atoms with Crippen LogP contribution in [-0.2, 0) is 12.8 Å². The number of pyridine rings is 1. The van der Waals surface area contributed by atoms with Crippen molar-refractivity contribution in [2.24, 2.45) is 5.84 Å². The lowest BCUT2D eigenvalue weighted by Gasteiger charge is -2.18. The van der Waals surface area contributed by atoms with Crippen LogP contribution in [0.1, 0.15) is 35.3 Å². The molecule has 1 aromatic heterocycles. The maximum Gasteiger partial charge on any atom is 0.0517 e. The third kappa shape index (κ3) is 3.66. The van der Waals surface area contributed by atoms with Crippen LogP contribution in [0.2, 0.25) is 0 Å². The zero-order valence-electron chi connectivity index (χ0n) is 11.9. The molecule has 1 atom stereocenters. The van der Waals surface area contributed by atoms with Crippen LogP contribution < -0.4 is 11.3 Å². The molecule has 3 N–H and O–H groups in total. The number of aryl methyl sites for hydroxylation is 2. The van der Waals surface area contributed by atoms with Crippen molar-refractivity contribution in [3.63, 3.8) is 0 Å². The van der Waals surface area contributed by atoms with Gasteiger partial charge in [-0.25, -0.2) is 0 Å². The van der Waals surface area contributed by atoms with E-state index >= 15 is 0 Å². The van der Waals surface area contributed by atoms with Gasteiger partial charge in [0.1, 0.15) is 0 Å². The van der Waals surface area contributed by atoms with Crippen LogP contribution in [0, 0.1) is 6.92 Å². The molecule has 1 heterocycles. The highest BCUT2D eigenvalue weighted by atomic mass is 79.9. The summed E-state index contributed by atoms with van der Waals surface area (Å²) < 4.78 is 1.08. The van der Waals surface area contributed by atoms with E-state index in [0.29, 0.717) is 0 Å². The molecule has 0 bridgehead atoms. The molecule has 0 fully saturated rings. The Morgan fingerprint density at radius 2 is 2.10 bits per heavy atom. The molecule has 0 aliphatic heterocycles. The molecule has 0 aliphatic carbocycles. The second kappa shape index (κ2) is 6.97. The van der Waals surface area contributed by atoms with Crippen molar-refractivity contribution in [3.05, 3.63) is 63.4 Å². The van der Waals surface area contributed by atoms with Crippen molar-refractivity contribution < 1.29 is 0 Å². The van der Waals surface area contributed by atoms with E-state index in [0.717, 1.165) is 23.0 Å². The third-order valence-corrected chi connectivity index (χ3v) is 4.01. The van der Waals surface area contributed by atoms with Crippen molar-refractivity contribution in [2.75, 3.05) is 0 Å². The van der Waals surface area contributed by atoms with E-state index in [9.17, 15) is 0 Å². The Labute approximate surface area is 128 Å². The highest BCUT2D eigenvalue weighted by Gasteiger charge is 2.13. The summed E-state index contributed by atoms with van der Waals surface area (Å²) in [4.78, 5) is 4.51. The Morgan fingerprint density at radius 3 is 2.65 bits per heavy atom. The number of nitrogens with two attached hydrogens (primary N) is 1. The first kappa shape index (κ1) is 15.2. The smallest absolute Gasteiger partial charge is 0.0517 e. The molecule has 106 valence electrons. The molecule has 0 saturated heterocycles. The minimum Gasteiger partial charge on any atom is -0.271 e. The monoisotopic (exact) mass is 333 g/mol. The molecular formula is C16H20BrN3. The number of benzene rings is 1. The van der Waals surface area contributed by atoms with Gasteiger partial charge in [-0.1, -0.05) is 35.0 Å². The molecule has 1 aromatic carbocycles. The molecule has 3 nitrogen and oxygen atoms in total. The summed E-state index contributed by atoms with van der Waals surface area (Å²) in [7, 11) is 0. The Hall–Kier alpha value is -1.23. The summed E-state index contributed by atoms with van der Waals surface area (Å²) in [6.45, 7) is 4.23. The first-order valence-corrected chi connectivity index (χ1v) is 7.59. The van der Waals surface area contributed by atoms with Crippen LogP contribution in [0.25, 0.3) is 0 Å². The number of hydrogen-bond donors (Lipinski definition) is 2. The normalized spacial score (nSPS) is 12.4. The molecule has 1 unspecified atom stereocenters. The van der Waals surface area contributed by atoms with Gasteiger partial charge in [0.05, 0.1) is 6.04 Å². The average molecular weight is 334 g/mol. The topological polar surface area (TPSA) is 50.9 Å². The van der Waals surface area contributed by atoms with Gasteiger partial charge in [0.25, 0.3) is 0 Å². The van der Waals surface area contributed by atoms with E-state index in [1.54, 1.807) is 0 Å². The first-order valence-electron chi connectivity index (χ1n) is 6.80. The fourth-order valence-electron chi connectivity index (χ4n) is 2.28. The molecule has 0 saturated carbocycles. The van der Waals surface area contributed by atoms with E-state index in [4.69, 9.17) is 5.84 Å². The number of halogens is 1. The largest absolute Gasteiger partial charge is 0.271 e. The van der Waals surface area contributed by atoms with Crippen LogP contribution in [0.5, 0.6) is 0 Å². The first-order chi connectivity index (χ1) is 9.63. The van der Waals surface area contributed by atoms with E-state index in [1.807, 2.05) is 12.3 Å². The summed E-state index contributed by atoms with van der Waals surface area (Å²) in [5.74, 6) is 5.73. The minimum absolute atomic E-state index is 0.0723. The van der Waals surface area contributed by atoms with Gasteiger partial charge in [0, 0.05) is 22.8 Å². The molecule has 0 amide bonds. The standard InChI is InChI=1S/C16H20BrN3/c1-3-12-4-6-14(19-10-12)9-16(20-18)15-7-5-13(17)8-11(15)2/h4-8,10,16,20H,3,9,18H2,1-2H3. The van der Waals surface area contributed by atoms with E-state index in [2.05, 4.69) is 64.5 Å². The summed E-state index contributed by atoms with van der Waals surface area (Å²) in [5.41, 5.74) is 7.63. The second-order valence-corrected chi connectivity index (χ2v) is 5.85. The Kier molecular flexibility index (Phi) is 5.29. The van der Waals surface area contributed by atoms with Gasteiger partial charge in [-0.3, -0.25) is 16.3 Å². The number of nitrogens with one attached hydrogen (secondary N) is 1. The summed E-state index contributed by atoms with van der Waals surface area (Å²) in [6, 6.07) is 10.5. The van der Waals surface area contributed by atoms with Crippen LogP contribution in [-0.4, -0.2) is 4.98 Å². The number of hydrogen-bond acceptors (Lipinski definition) is 3. The highest BCUT2D eigenvalue weighted by Crippen LogP contribution is 2.23. The summed E-state index contributed by atoms with van der Waals surface area (Å²) in [6.07, 6.45) is 3.73. The van der Waals surface area contributed by atoms with Crippen LogP contribution in [0.4, 0.5) is 0 Å². The van der Waals surface area contributed by atoms with E-state index in [-0.39, 0.29) is 6.04 Å². The van der Waals surface area contributed by atoms with Gasteiger partial charge in [0.15, 0.2) is 0 Å². The lowest BCUT2D eigenvalue weighted by atomic mass is 9.97. The van der Waals surface area contributed by atoms with Crippen molar-refractivity contribution in [1.29, 1.82) is 0 Å². The number of rotatable bonds is 5. The molecule has 0 radical (unpaired) electrons. The molecule has 0 spiro atoms. The van der Waals surface area contributed by atoms with Gasteiger partial charge in [-0.05, 0) is 48.2 Å². The fraction of sp³-hybridized carbons (Fsp3) is 0.312. The van der Waals surface area contributed by atoms with Gasteiger partial charge in [-0.2, -0.15) is 0 Å². The van der Waals surface area contributed by atoms with Gasteiger partial charge in [-0.15, -0.1) is 0 Å². The molecule has 0 aliphatic rings. The van der Waals surface area contributed by atoms with Crippen molar-refractivity contribution in [1.82, 2.24) is 10.4 Å². The van der Waals surface area contributed by atoms with Gasteiger partial charge in [0.2, 0.25) is 0 Å². The van der Waals surface area contributed by atoms with Crippen LogP contribution in [0.3, 0.4) is 0 Å². The average Bonchev–Trinajstić information content (AvgIpc) is 2.46. The minimum atomic E-state index is 0.0723. The maximum atomic E-state index is 5.73. The quantitative estimate of drug-likeness (QED) is 0.650. The number of aromatic nitrogens is 1. The molecule has 20 heavy (non-hydrogen) atoms. The Morgan fingerprint density at radius 1 is 1.30 bits per heavy atom. The Balaban J connectivity index is 2.19. The molecule has 2 rings (SSSR count). The highest BCUT2D eigenvalue weighted by molar-refractivity contribution is 9.10. The lowest BCUT2D eigenvalue weighted by molar-refractivity contribution is 0.543. The number of hydrazine groups is 1. The zero-order valence-corrected chi connectivity index (χ0v) is 13.4. The molecular weight excluding hydrogens is 314 g/mol. The lowest BCUT2D eigenvalue weighted by Crippen LogP contribution is -2.30. The van der Waals surface area contributed by atoms with Crippen LogP contribution >= 0.6 is 15.9 Å². The summed E-state index contributed by atoms with van der Waals surface area (Å²) in [5, 5.41) is 0. The van der Waals surface area contributed by atoms with Crippen molar-refractivity contribution in [3.8, 4) is 0 Å². The van der Waals surface area contributed by atoms with Crippen molar-refractivity contribution >= 4 is 15.9 Å². The maximum absolute atomic E-state index is 5.73. The predicted octanol–water partition coefficient (Wildman–Crippen LogP) is 3.46. The van der Waals surface area contributed by atoms with Crippen LogP contribution in [0.15, 0.2) is 41.0 Å². The zero-order chi connectivity index (χ0) is 14.5. The molecule has 2 aromatic rings. The van der Waals surface area contributed by atoms with Crippen molar-refractivity contribution in [2.45, 2.75) is 32.7 Å². The van der Waals surface area contributed by atoms with Gasteiger partial charge >= 0.3 is 0 Å². The Bertz CT molecular complexity index is 566. The third-order valence-electron chi connectivity index (χ3n) is 3.52. The van der Waals surface area contributed by atoms with Gasteiger partial charge < -0.3 is 0 Å². The van der Waals surface area contributed by atoms with E-state index in [1.165, 1.54) is 16.7 Å². The molecule has 4 heteroatoms.